The Labute approximate surface area is 196 Å². The highest BCUT2D eigenvalue weighted by atomic mass is 16.5. The molecule has 34 heavy (non-hydrogen) atoms. The number of carbonyl (C=O) groups is 2. The molecule has 2 heterocycles. The first-order chi connectivity index (χ1) is 16.6. The zero-order valence-electron chi connectivity index (χ0n) is 18.5. The van der Waals surface area contributed by atoms with E-state index in [0.717, 1.165) is 28.2 Å². The van der Waals surface area contributed by atoms with Crippen molar-refractivity contribution in [3.8, 4) is 5.75 Å². The number of imidazole rings is 1. The summed E-state index contributed by atoms with van der Waals surface area (Å²) in [6, 6.07) is 20.2. The van der Waals surface area contributed by atoms with Crippen molar-refractivity contribution in [3.63, 3.8) is 0 Å². The van der Waals surface area contributed by atoms with Gasteiger partial charge in [-0.25, -0.2) is 4.98 Å². The predicted molar refractivity (Wildman–Crippen MR) is 130 cm³/mol. The second kappa shape index (κ2) is 8.33. The van der Waals surface area contributed by atoms with E-state index in [1.54, 1.807) is 24.3 Å². The Morgan fingerprint density at radius 3 is 2.62 bits per heavy atom. The summed E-state index contributed by atoms with van der Waals surface area (Å²) < 4.78 is 5.76. The normalized spacial score (nSPS) is 17.0. The number of rotatable bonds is 5. The van der Waals surface area contributed by atoms with E-state index in [1.807, 2.05) is 42.5 Å². The molecule has 0 bridgehead atoms. The van der Waals surface area contributed by atoms with Crippen molar-refractivity contribution in [2.24, 2.45) is 0 Å². The maximum atomic E-state index is 12.9. The standard InChI is InChI=1S/C27H24N4O3/c32-26(28-20-11-12-21-22(15-20)31-25(30-21)16-6-3-7-16)18-8-4-9-19(13-18)29-27(33)24-14-17-5-1-2-10-23(17)34-24/h1-2,4-5,8-13,15-16,24H,3,6-7,14H2,(H,28,32)(H,29,33)(H,30,31). The number of anilines is 2. The number of para-hydroxylation sites is 1. The zero-order chi connectivity index (χ0) is 23.1. The molecule has 0 saturated heterocycles. The smallest absolute Gasteiger partial charge is 0.265 e. The highest BCUT2D eigenvalue weighted by molar-refractivity contribution is 6.06. The van der Waals surface area contributed by atoms with Crippen LogP contribution in [0.15, 0.2) is 66.7 Å². The fourth-order valence-corrected chi connectivity index (χ4v) is 4.47. The molecule has 3 aromatic carbocycles. The van der Waals surface area contributed by atoms with Crippen LogP contribution in [0.4, 0.5) is 11.4 Å². The number of H-pyrrole nitrogens is 1. The monoisotopic (exact) mass is 452 g/mol. The molecule has 3 N–H and O–H groups in total. The fourth-order valence-electron chi connectivity index (χ4n) is 4.47. The van der Waals surface area contributed by atoms with Gasteiger partial charge in [0, 0.05) is 29.3 Å². The van der Waals surface area contributed by atoms with Gasteiger partial charge in [0.2, 0.25) is 0 Å². The van der Waals surface area contributed by atoms with Crippen molar-refractivity contribution in [2.75, 3.05) is 10.6 Å². The molecule has 2 amide bonds. The van der Waals surface area contributed by atoms with Gasteiger partial charge in [0.15, 0.2) is 6.10 Å². The summed E-state index contributed by atoms with van der Waals surface area (Å²) in [5.74, 6) is 1.80. The van der Waals surface area contributed by atoms with Gasteiger partial charge in [0.25, 0.3) is 11.8 Å². The van der Waals surface area contributed by atoms with E-state index in [4.69, 9.17) is 4.74 Å². The SMILES string of the molecule is O=C(Nc1ccc2nc(C3CCC3)[nH]c2c1)c1cccc(NC(=O)C2Cc3ccccc3O2)c1. The van der Waals surface area contributed by atoms with Crippen molar-refractivity contribution >= 4 is 34.2 Å². The summed E-state index contributed by atoms with van der Waals surface area (Å²) in [5, 5.41) is 5.81. The lowest BCUT2D eigenvalue weighted by molar-refractivity contribution is -0.122. The van der Waals surface area contributed by atoms with Crippen LogP contribution in [0.25, 0.3) is 11.0 Å². The summed E-state index contributed by atoms with van der Waals surface area (Å²) in [6.07, 6.45) is 3.55. The molecule has 170 valence electrons. The maximum absolute atomic E-state index is 12.9. The lowest BCUT2D eigenvalue weighted by atomic mass is 9.85. The van der Waals surface area contributed by atoms with Gasteiger partial charge in [0.1, 0.15) is 11.6 Å². The summed E-state index contributed by atoms with van der Waals surface area (Å²) in [6.45, 7) is 0. The second-order valence-electron chi connectivity index (χ2n) is 8.92. The van der Waals surface area contributed by atoms with Gasteiger partial charge < -0.3 is 20.4 Å². The molecule has 2 aliphatic rings. The molecule has 6 rings (SSSR count). The minimum absolute atomic E-state index is 0.235. The number of amides is 2. The van der Waals surface area contributed by atoms with E-state index in [1.165, 1.54) is 19.3 Å². The molecule has 1 unspecified atom stereocenters. The summed E-state index contributed by atoms with van der Waals surface area (Å²) in [7, 11) is 0. The minimum atomic E-state index is -0.583. The van der Waals surface area contributed by atoms with Crippen LogP contribution in [-0.2, 0) is 11.2 Å². The topological polar surface area (TPSA) is 96.1 Å². The Hall–Kier alpha value is -4.13. The third-order valence-electron chi connectivity index (χ3n) is 6.58. The first-order valence-corrected chi connectivity index (χ1v) is 11.6. The number of hydrogen-bond acceptors (Lipinski definition) is 4. The van der Waals surface area contributed by atoms with Gasteiger partial charge in [-0.2, -0.15) is 0 Å². The molecular formula is C27H24N4O3. The van der Waals surface area contributed by atoms with Gasteiger partial charge in [-0.1, -0.05) is 30.7 Å². The Balaban J connectivity index is 1.13. The quantitative estimate of drug-likeness (QED) is 0.396. The van der Waals surface area contributed by atoms with Crippen LogP contribution in [-0.4, -0.2) is 27.9 Å². The highest BCUT2D eigenvalue weighted by Crippen LogP contribution is 2.35. The van der Waals surface area contributed by atoms with Crippen molar-refractivity contribution < 1.29 is 14.3 Å². The third-order valence-corrected chi connectivity index (χ3v) is 6.58. The largest absolute Gasteiger partial charge is 0.480 e. The molecule has 1 aromatic heterocycles. The molecule has 1 atom stereocenters. The molecular weight excluding hydrogens is 428 g/mol. The Morgan fingerprint density at radius 2 is 1.79 bits per heavy atom. The first-order valence-electron chi connectivity index (χ1n) is 11.6. The number of hydrogen-bond donors (Lipinski definition) is 3. The highest BCUT2D eigenvalue weighted by Gasteiger charge is 2.29. The van der Waals surface area contributed by atoms with Crippen LogP contribution >= 0.6 is 0 Å². The molecule has 1 saturated carbocycles. The zero-order valence-corrected chi connectivity index (χ0v) is 18.5. The van der Waals surface area contributed by atoms with Crippen LogP contribution in [0.2, 0.25) is 0 Å². The number of benzene rings is 3. The number of aromatic amines is 1. The average molecular weight is 453 g/mol. The van der Waals surface area contributed by atoms with Crippen LogP contribution in [0.3, 0.4) is 0 Å². The fraction of sp³-hybridized carbons (Fsp3) is 0.222. The van der Waals surface area contributed by atoms with E-state index >= 15 is 0 Å². The molecule has 7 nitrogen and oxygen atoms in total. The van der Waals surface area contributed by atoms with E-state index in [2.05, 4.69) is 20.6 Å². The number of aromatic nitrogens is 2. The van der Waals surface area contributed by atoms with Crippen molar-refractivity contribution in [2.45, 2.75) is 37.7 Å². The first kappa shape index (κ1) is 20.5. The van der Waals surface area contributed by atoms with Crippen molar-refractivity contribution in [1.29, 1.82) is 0 Å². The van der Waals surface area contributed by atoms with E-state index in [0.29, 0.717) is 29.3 Å². The second-order valence-corrected chi connectivity index (χ2v) is 8.92. The molecule has 0 radical (unpaired) electrons. The van der Waals surface area contributed by atoms with E-state index in [9.17, 15) is 9.59 Å². The number of fused-ring (bicyclic) bond motifs is 2. The minimum Gasteiger partial charge on any atom is -0.480 e. The average Bonchev–Trinajstić information content (AvgIpc) is 3.42. The van der Waals surface area contributed by atoms with Gasteiger partial charge in [0.05, 0.1) is 11.0 Å². The molecule has 1 aliphatic carbocycles. The predicted octanol–water partition coefficient (Wildman–Crippen LogP) is 5.02. The van der Waals surface area contributed by atoms with Crippen molar-refractivity contribution in [1.82, 2.24) is 9.97 Å². The van der Waals surface area contributed by atoms with Crippen LogP contribution in [0.5, 0.6) is 5.75 Å². The van der Waals surface area contributed by atoms with Crippen LogP contribution in [0, 0.1) is 0 Å². The van der Waals surface area contributed by atoms with Gasteiger partial charge in [-0.05, 0) is 60.9 Å². The maximum Gasteiger partial charge on any atom is 0.265 e. The van der Waals surface area contributed by atoms with Crippen LogP contribution in [0.1, 0.15) is 46.9 Å². The number of nitrogens with zero attached hydrogens (tertiary/aromatic N) is 1. The van der Waals surface area contributed by atoms with E-state index in [-0.39, 0.29) is 11.8 Å². The lowest BCUT2D eigenvalue weighted by Gasteiger charge is -2.22. The molecule has 7 heteroatoms. The summed E-state index contributed by atoms with van der Waals surface area (Å²) in [4.78, 5) is 33.7. The third kappa shape index (κ3) is 3.90. The number of ether oxygens (including phenoxy) is 1. The number of nitrogens with one attached hydrogen (secondary N) is 3. The van der Waals surface area contributed by atoms with Crippen LogP contribution < -0.4 is 15.4 Å². The molecule has 1 fully saturated rings. The Bertz CT molecular complexity index is 1380. The Morgan fingerprint density at radius 1 is 0.941 bits per heavy atom. The van der Waals surface area contributed by atoms with Gasteiger partial charge >= 0.3 is 0 Å². The lowest BCUT2D eigenvalue weighted by Crippen LogP contribution is -2.31. The van der Waals surface area contributed by atoms with Crippen molar-refractivity contribution in [3.05, 3.63) is 83.7 Å². The molecule has 1 aliphatic heterocycles. The molecule has 4 aromatic rings. The van der Waals surface area contributed by atoms with Gasteiger partial charge in [-0.15, -0.1) is 0 Å². The Kier molecular flexibility index (Phi) is 5.02. The number of carbonyl (C=O) groups excluding carboxylic acids is 2. The summed E-state index contributed by atoms with van der Waals surface area (Å²) in [5.41, 5.74) is 4.52. The van der Waals surface area contributed by atoms with E-state index < -0.39 is 6.10 Å². The molecule has 0 spiro atoms. The summed E-state index contributed by atoms with van der Waals surface area (Å²) >= 11 is 0. The van der Waals surface area contributed by atoms with Gasteiger partial charge in [-0.3, -0.25) is 9.59 Å².